The molecular weight excluding hydrogens is 333 g/mol. The van der Waals surface area contributed by atoms with Crippen LogP contribution in [0.3, 0.4) is 0 Å². The second kappa shape index (κ2) is 6.08. The molecule has 3 rings (SSSR count). The van der Waals surface area contributed by atoms with Gasteiger partial charge < -0.3 is 9.67 Å². The summed E-state index contributed by atoms with van der Waals surface area (Å²) in [7, 11) is 1.53. The third-order valence-electron chi connectivity index (χ3n) is 3.79. The number of aliphatic hydroxyl groups is 1. The van der Waals surface area contributed by atoms with Crippen molar-refractivity contribution in [2.24, 2.45) is 7.05 Å². The molecular formula is C18H13F3N2O2. The predicted molar refractivity (Wildman–Crippen MR) is 88.9 cm³/mol. The summed E-state index contributed by atoms with van der Waals surface area (Å²) in [6.45, 7) is 0. The SMILES string of the molecule is Cn1c(=O)c(/C=C(\O)c2ccccc2C(F)(F)F)nc2ccccc21. The van der Waals surface area contributed by atoms with E-state index in [0.29, 0.717) is 11.0 Å². The van der Waals surface area contributed by atoms with Crippen molar-refractivity contribution in [2.45, 2.75) is 6.18 Å². The highest BCUT2D eigenvalue weighted by Crippen LogP contribution is 2.34. The number of hydrogen-bond donors (Lipinski definition) is 1. The maximum atomic E-state index is 13.1. The number of benzene rings is 2. The van der Waals surface area contributed by atoms with Gasteiger partial charge >= 0.3 is 6.18 Å². The molecule has 3 aromatic rings. The van der Waals surface area contributed by atoms with E-state index in [0.717, 1.165) is 18.2 Å². The summed E-state index contributed by atoms with van der Waals surface area (Å²) in [5, 5.41) is 10.2. The Morgan fingerprint density at radius 1 is 1.12 bits per heavy atom. The molecule has 0 radical (unpaired) electrons. The Kier molecular flexibility index (Phi) is 4.08. The number of para-hydroxylation sites is 2. The van der Waals surface area contributed by atoms with Crippen LogP contribution in [0.25, 0.3) is 22.9 Å². The topological polar surface area (TPSA) is 55.1 Å². The molecule has 0 fully saturated rings. The van der Waals surface area contributed by atoms with Gasteiger partial charge in [-0.3, -0.25) is 4.79 Å². The molecule has 1 aromatic heterocycles. The van der Waals surface area contributed by atoms with Crippen molar-refractivity contribution < 1.29 is 18.3 Å². The lowest BCUT2D eigenvalue weighted by Gasteiger charge is -2.12. The van der Waals surface area contributed by atoms with Crippen LogP contribution in [-0.4, -0.2) is 14.7 Å². The zero-order valence-corrected chi connectivity index (χ0v) is 13.1. The van der Waals surface area contributed by atoms with Gasteiger partial charge in [0.1, 0.15) is 11.5 Å². The Labute approximate surface area is 140 Å². The van der Waals surface area contributed by atoms with E-state index in [1.54, 1.807) is 24.3 Å². The van der Waals surface area contributed by atoms with E-state index in [9.17, 15) is 23.1 Å². The number of nitrogens with zero attached hydrogens (tertiary/aromatic N) is 2. The minimum absolute atomic E-state index is 0.143. The average Bonchev–Trinajstić information content (AvgIpc) is 2.58. The van der Waals surface area contributed by atoms with Crippen molar-refractivity contribution in [3.63, 3.8) is 0 Å². The van der Waals surface area contributed by atoms with Gasteiger partial charge in [-0.1, -0.05) is 30.3 Å². The lowest BCUT2D eigenvalue weighted by molar-refractivity contribution is -0.137. The molecule has 2 aromatic carbocycles. The molecule has 0 aliphatic carbocycles. The summed E-state index contributed by atoms with van der Waals surface area (Å²) in [4.78, 5) is 16.5. The number of hydrogen-bond acceptors (Lipinski definition) is 3. The van der Waals surface area contributed by atoms with Gasteiger partial charge in [0.05, 0.1) is 16.6 Å². The van der Waals surface area contributed by atoms with Crippen molar-refractivity contribution >= 4 is 22.9 Å². The molecule has 0 atom stereocenters. The smallest absolute Gasteiger partial charge is 0.417 e. The van der Waals surface area contributed by atoms with Crippen LogP contribution in [0, 0.1) is 0 Å². The number of halogens is 3. The van der Waals surface area contributed by atoms with Crippen LogP contribution in [-0.2, 0) is 13.2 Å². The highest BCUT2D eigenvalue weighted by molar-refractivity contribution is 5.80. The molecule has 0 aliphatic heterocycles. The maximum Gasteiger partial charge on any atom is 0.417 e. The lowest BCUT2D eigenvalue weighted by atomic mass is 10.0. The van der Waals surface area contributed by atoms with Crippen LogP contribution < -0.4 is 5.56 Å². The first-order valence-electron chi connectivity index (χ1n) is 7.32. The van der Waals surface area contributed by atoms with E-state index in [1.807, 2.05) is 0 Å². The highest BCUT2D eigenvalue weighted by Gasteiger charge is 2.33. The van der Waals surface area contributed by atoms with E-state index < -0.39 is 28.6 Å². The maximum absolute atomic E-state index is 13.1. The number of aryl methyl sites for hydroxylation is 1. The standard InChI is InChI=1S/C18H13F3N2O2/c1-23-15-9-5-4-8-13(15)22-14(17(23)25)10-16(24)11-6-2-3-7-12(11)18(19,20)21/h2-10,24H,1H3/b16-10-. The van der Waals surface area contributed by atoms with Gasteiger partial charge in [-0.15, -0.1) is 0 Å². The first-order chi connectivity index (χ1) is 11.8. The number of aliphatic hydroxyl groups excluding tert-OH is 1. The van der Waals surface area contributed by atoms with E-state index >= 15 is 0 Å². The molecule has 0 amide bonds. The Hall–Kier alpha value is -3.09. The highest BCUT2D eigenvalue weighted by atomic mass is 19.4. The van der Waals surface area contributed by atoms with Crippen LogP contribution in [0.15, 0.2) is 53.3 Å². The number of rotatable bonds is 2. The zero-order chi connectivity index (χ0) is 18.2. The van der Waals surface area contributed by atoms with Crippen molar-refractivity contribution in [2.75, 3.05) is 0 Å². The van der Waals surface area contributed by atoms with E-state index in [4.69, 9.17) is 0 Å². The Morgan fingerprint density at radius 2 is 1.76 bits per heavy atom. The van der Waals surface area contributed by atoms with Crippen molar-refractivity contribution in [3.8, 4) is 0 Å². The van der Waals surface area contributed by atoms with E-state index in [-0.39, 0.29) is 5.69 Å². The molecule has 128 valence electrons. The van der Waals surface area contributed by atoms with Crippen LogP contribution in [0.4, 0.5) is 13.2 Å². The fraction of sp³-hybridized carbons (Fsp3) is 0.111. The van der Waals surface area contributed by atoms with Crippen molar-refractivity contribution in [3.05, 3.63) is 75.7 Å². The van der Waals surface area contributed by atoms with E-state index in [1.165, 1.54) is 23.7 Å². The average molecular weight is 346 g/mol. The van der Waals surface area contributed by atoms with Gasteiger partial charge in [0.25, 0.3) is 5.56 Å². The fourth-order valence-electron chi connectivity index (χ4n) is 2.56. The van der Waals surface area contributed by atoms with Gasteiger partial charge in [-0.2, -0.15) is 13.2 Å². The minimum Gasteiger partial charge on any atom is -0.507 e. The molecule has 4 nitrogen and oxygen atoms in total. The summed E-state index contributed by atoms with van der Waals surface area (Å²) in [6.07, 6.45) is -3.67. The quantitative estimate of drug-likeness (QED) is 0.714. The molecule has 0 spiro atoms. The Morgan fingerprint density at radius 3 is 2.48 bits per heavy atom. The molecule has 1 heterocycles. The zero-order valence-electron chi connectivity index (χ0n) is 13.1. The summed E-state index contributed by atoms with van der Waals surface area (Å²) >= 11 is 0. The Bertz CT molecular complexity index is 1040. The van der Waals surface area contributed by atoms with E-state index in [2.05, 4.69) is 4.98 Å². The Balaban J connectivity index is 2.18. The first kappa shape index (κ1) is 16.8. The molecule has 0 aliphatic rings. The van der Waals surface area contributed by atoms with Crippen LogP contribution in [0.2, 0.25) is 0 Å². The summed E-state index contributed by atoms with van der Waals surface area (Å²) in [5.41, 5.74) is -0.980. The van der Waals surface area contributed by atoms with Gasteiger partial charge in [0, 0.05) is 18.7 Å². The monoisotopic (exact) mass is 346 g/mol. The first-order valence-corrected chi connectivity index (χ1v) is 7.32. The number of fused-ring (bicyclic) bond motifs is 1. The molecule has 25 heavy (non-hydrogen) atoms. The molecule has 7 heteroatoms. The number of alkyl halides is 3. The predicted octanol–water partition coefficient (Wildman–Crippen LogP) is 4.01. The van der Waals surface area contributed by atoms with Crippen LogP contribution in [0.1, 0.15) is 16.8 Å². The molecule has 0 saturated carbocycles. The van der Waals surface area contributed by atoms with Gasteiger partial charge in [0.15, 0.2) is 0 Å². The second-order valence-corrected chi connectivity index (χ2v) is 5.42. The molecule has 1 N–H and O–H groups in total. The van der Waals surface area contributed by atoms with Crippen LogP contribution >= 0.6 is 0 Å². The number of aromatic nitrogens is 2. The largest absolute Gasteiger partial charge is 0.507 e. The molecule has 0 saturated heterocycles. The summed E-state index contributed by atoms with van der Waals surface area (Å²) < 4.78 is 40.6. The second-order valence-electron chi connectivity index (χ2n) is 5.42. The van der Waals surface area contributed by atoms with Gasteiger partial charge in [-0.05, 0) is 18.2 Å². The normalized spacial score (nSPS) is 12.6. The van der Waals surface area contributed by atoms with Gasteiger partial charge in [0.2, 0.25) is 0 Å². The van der Waals surface area contributed by atoms with Crippen molar-refractivity contribution in [1.29, 1.82) is 0 Å². The lowest BCUT2D eigenvalue weighted by Crippen LogP contribution is -2.21. The van der Waals surface area contributed by atoms with Crippen LogP contribution in [0.5, 0.6) is 0 Å². The fourth-order valence-corrected chi connectivity index (χ4v) is 2.56. The molecule has 0 bridgehead atoms. The third-order valence-corrected chi connectivity index (χ3v) is 3.79. The van der Waals surface area contributed by atoms with Crippen molar-refractivity contribution in [1.82, 2.24) is 9.55 Å². The van der Waals surface area contributed by atoms with Gasteiger partial charge in [-0.25, -0.2) is 4.98 Å². The summed E-state index contributed by atoms with van der Waals surface area (Å²) in [6, 6.07) is 11.5. The molecule has 0 unspecified atom stereocenters. The third kappa shape index (κ3) is 3.13. The minimum atomic E-state index is -4.62. The summed E-state index contributed by atoms with van der Waals surface area (Å²) in [5.74, 6) is -0.673.